The molecule has 2 N–H and O–H groups in total. The molecule has 7 atom stereocenters. The van der Waals surface area contributed by atoms with E-state index in [4.69, 9.17) is 4.79 Å². The van der Waals surface area contributed by atoms with Crippen LogP contribution in [-0.2, 0) is 19.2 Å². The topological polar surface area (TPSA) is 109 Å². The molecule has 0 saturated heterocycles. The van der Waals surface area contributed by atoms with Crippen molar-refractivity contribution in [2.24, 2.45) is 39.4 Å². The summed E-state index contributed by atoms with van der Waals surface area (Å²) in [7, 11) is 0. The van der Waals surface area contributed by atoms with Crippen LogP contribution < -0.4 is 0 Å². The molecule has 3 saturated carbocycles. The van der Waals surface area contributed by atoms with Crippen LogP contribution in [0, 0.1) is 39.4 Å². The van der Waals surface area contributed by atoms with Gasteiger partial charge in [-0.15, -0.1) is 0 Å². The second-order valence-electron chi connectivity index (χ2n) is 13.5. The summed E-state index contributed by atoms with van der Waals surface area (Å²) in [5, 5.41) is 21.1. The number of hydrogen-bond acceptors (Lipinski definition) is 6. The Morgan fingerprint density at radius 2 is 1.72 bits per heavy atom. The fraction of sp³-hybridized carbons (Fsp3) is 0.733. The Morgan fingerprint density at radius 3 is 2.31 bits per heavy atom. The molecule has 0 heterocycles. The first-order valence-electron chi connectivity index (χ1n) is 13.2. The Morgan fingerprint density at radius 1 is 1.11 bits per heavy atom. The molecule has 3 fully saturated rings. The number of ketones is 3. The van der Waals surface area contributed by atoms with Gasteiger partial charge in [-0.25, -0.2) is 0 Å². The molecule has 0 bridgehead atoms. The molecule has 0 aromatic heterocycles. The van der Waals surface area contributed by atoms with E-state index in [0.29, 0.717) is 25.7 Å². The van der Waals surface area contributed by atoms with Gasteiger partial charge in [0, 0.05) is 24.7 Å². The number of aliphatic hydroxyl groups is 2. The van der Waals surface area contributed by atoms with Crippen molar-refractivity contribution in [3.63, 3.8) is 0 Å². The summed E-state index contributed by atoms with van der Waals surface area (Å²) < 4.78 is 0. The predicted octanol–water partition coefficient (Wildman–Crippen LogP) is 4.41. The highest BCUT2D eigenvalue weighted by atomic mass is 16.3. The van der Waals surface area contributed by atoms with E-state index in [1.165, 1.54) is 17.7 Å². The maximum Gasteiger partial charge on any atom is 0.184 e. The van der Waals surface area contributed by atoms with Crippen LogP contribution in [0.2, 0.25) is 0 Å². The standard InChI is InChI=1S/C29H42O5.CH2O/c1-25(2)15-17(30)14-20-18(25)8-9-22-27(5)13-10-19(24(33)21(31)11-12-26(3,4)34)28(27,6)16-23(32)29(20,22)7;1-2/h8,11-12,19-20,22,24,33-34H,9-10,13-16H2,1-7H3;1H2/b12-11+;. The van der Waals surface area contributed by atoms with E-state index >= 15 is 0 Å². The van der Waals surface area contributed by atoms with Crippen LogP contribution in [0.1, 0.15) is 87.0 Å². The van der Waals surface area contributed by atoms with Crippen LogP contribution in [0.3, 0.4) is 0 Å². The maximum atomic E-state index is 14.1. The van der Waals surface area contributed by atoms with Crippen molar-refractivity contribution in [1.82, 2.24) is 0 Å². The average Bonchev–Trinajstić information content (AvgIpc) is 3.03. The van der Waals surface area contributed by atoms with Crippen molar-refractivity contribution in [2.75, 3.05) is 0 Å². The molecular weight excluding hydrogens is 456 g/mol. The second kappa shape index (κ2) is 9.13. The van der Waals surface area contributed by atoms with Crippen molar-refractivity contribution < 1.29 is 29.4 Å². The number of carbonyl (C=O) groups excluding carboxylic acids is 4. The molecule has 7 unspecified atom stereocenters. The average molecular weight is 501 g/mol. The minimum atomic E-state index is -1.20. The summed E-state index contributed by atoms with van der Waals surface area (Å²) in [6.07, 6.45) is 7.42. The summed E-state index contributed by atoms with van der Waals surface area (Å²) in [5.41, 5.74) is -1.42. The SMILES string of the molecule is C=O.CC(C)(O)/C=C/C(=O)C(O)C1CCC2(C)C3CC=C4C(CC(=O)CC4(C)C)C3(C)C(=O)CC12C. The molecule has 0 aromatic carbocycles. The summed E-state index contributed by atoms with van der Waals surface area (Å²) >= 11 is 0. The van der Waals surface area contributed by atoms with Crippen molar-refractivity contribution in [2.45, 2.75) is 98.7 Å². The smallest absolute Gasteiger partial charge is 0.184 e. The van der Waals surface area contributed by atoms with Gasteiger partial charge < -0.3 is 15.0 Å². The van der Waals surface area contributed by atoms with Crippen LogP contribution in [-0.4, -0.2) is 46.1 Å². The highest BCUT2D eigenvalue weighted by molar-refractivity contribution is 5.94. The first kappa shape index (κ1) is 28.6. The van der Waals surface area contributed by atoms with Crippen LogP contribution in [0.25, 0.3) is 0 Å². The monoisotopic (exact) mass is 500 g/mol. The van der Waals surface area contributed by atoms with Crippen LogP contribution in [0.4, 0.5) is 0 Å². The minimum absolute atomic E-state index is 0.0586. The van der Waals surface area contributed by atoms with E-state index in [1.807, 2.05) is 6.79 Å². The number of aliphatic hydroxyl groups excluding tert-OH is 1. The third-order valence-corrected chi connectivity index (χ3v) is 10.6. The number of carbonyl (C=O) groups is 4. The molecule has 4 aliphatic rings. The van der Waals surface area contributed by atoms with Gasteiger partial charge >= 0.3 is 0 Å². The van der Waals surface area contributed by atoms with E-state index in [-0.39, 0.29) is 40.2 Å². The summed E-state index contributed by atoms with van der Waals surface area (Å²) in [6.45, 7) is 15.9. The molecule has 6 heteroatoms. The molecule has 6 nitrogen and oxygen atoms in total. The Balaban J connectivity index is 0.00000176. The van der Waals surface area contributed by atoms with Gasteiger partial charge in [-0.05, 0) is 73.2 Å². The molecule has 0 aliphatic heterocycles. The molecule has 36 heavy (non-hydrogen) atoms. The van der Waals surface area contributed by atoms with Gasteiger partial charge in [-0.3, -0.25) is 14.4 Å². The molecule has 0 amide bonds. The van der Waals surface area contributed by atoms with Crippen molar-refractivity contribution >= 4 is 24.1 Å². The quantitative estimate of drug-likeness (QED) is 0.437. The largest absolute Gasteiger partial charge is 0.386 e. The van der Waals surface area contributed by atoms with Crippen LogP contribution in [0.15, 0.2) is 23.8 Å². The lowest BCUT2D eigenvalue weighted by atomic mass is 9.39. The predicted molar refractivity (Wildman–Crippen MR) is 138 cm³/mol. The molecule has 4 rings (SSSR count). The first-order chi connectivity index (χ1) is 16.5. The lowest BCUT2D eigenvalue weighted by Gasteiger charge is -2.64. The molecule has 0 spiro atoms. The third kappa shape index (κ3) is 4.18. The van der Waals surface area contributed by atoms with Crippen LogP contribution in [0.5, 0.6) is 0 Å². The zero-order valence-electron chi connectivity index (χ0n) is 23.0. The number of rotatable bonds is 4. The fourth-order valence-electron chi connectivity index (χ4n) is 8.47. The Kier molecular flexibility index (Phi) is 7.26. The van der Waals surface area contributed by atoms with E-state index in [1.54, 1.807) is 13.8 Å². The van der Waals surface area contributed by atoms with Gasteiger partial charge in [0.2, 0.25) is 0 Å². The lowest BCUT2D eigenvalue weighted by Crippen LogP contribution is -2.63. The lowest BCUT2D eigenvalue weighted by molar-refractivity contribution is -0.173. The molecule has 200 valence electrons. The maximum absolute atomic E-state index is 14.1. The highest BCUT2D eigenvalue weighted by Gasteiger charge is 2.70. The third-order valence-electron chi connectivity index (χ3n) is 10.6. The Hall–Kier alpha value is -1.92. The minimum Gasteiger partial charge on any atom is -0.386 e. The van der Waals surface area contributed by atoms with Crippen molar-refractivity contribution in [3.8, 4) is 0 Å². The van der Waals surface area contributed by atoms with Crippen LogP contribution >= 0.6 is 0 Å². The van der Waals surface area contributed by atoms with Gasteiger partial charge in [-0.1, -0.05) is 52.3 Å². The Labute approximate surface area is 215 Å². The summed E-state index contributed by atoms with van der Waals surface area (Å²) in [6, 6.07) is 0. The van der Waals surface area contributed by atoms with Gasteiger partial charge in [0.25, 0.3) is 0 Å². The second-order valence-corrected chi connectivity index (χ2v) is 13.5. The van der Waals surface area contributed by atoms with Crippen molar-refractivity contribution in [3.05, 3.63) is 23.8 Å². The van der Waals surface area contributed by atoms with Gasteiger partial charge in [-0.2, -0.15) is 0 Å². The molecule has 0 aromatic rings. The summed E-state index contributed by atoms with van der Waals surface area (Å²) in [4.78, 5) is 47.6. The van der Waals surface area contributed by atoms with E-state index in [2.05, 4.69) is 40.7 Å². The normalized spacial score (nSPS) is 40.4. The first-order valence-corrected chi connectivity index (χ1v) is 13.2. The molecular formula is C30H44O6. The molecule has 0 radical (unpaired) electrons. The highest BCUT2D eigenvalue weighted by Crippen LogP contribution is 2.73. The fourth-order valence-corrected chi connectivity index (χ4v) is 8.47. The van der Waals surface area contributed by atoms with E-state index in [0.717, 1.165) is 12.8 Å². The van der Waals surface area contributed by atoms with E-state index in [9.17, 15) is 24.6 Å². The number of allylic oxidation sites excluding steroid dienone is 2. The van der Waals surface area contributed by atoms with Gasteiger partial charge in [0.1, 0.15) is 24.5 Å². The van der Waals surface area contributed by atoms with Crippen molar-refractivity contribution in [1.29, 1.82) is 0 Å². The zero-order valence-corrected chi connectivity index (χ0v) is 23.0. The van der Waals surface area contributed by atoms with E-state index < -0.39 is 28.3 Å². The Bertz CT molecular complexity index is 999. The molecule has 4 aliphatic carbocycles. The number of Topliss-reactive ketones (excluding diaryl/α,β-unsaturated/α-hetero) is 2. The number of fused-ring (bicyclic) bond motifs is 5. The summed E-state index contributed by atoms with van der Waals surface area (Å²) in [5.74, 6) is -0.303. The van der Waals surface area contributed by atoms with Gasteiger partial charge in [0.05, 0.1) is 5.60 Å². The zero-order chi connectivity index (χ0) is 27.5. The number of hydrogen-bond donors (Lipinski definition) is 2. The van der Waals surface area contributed by atoms with Gasteiger partial charge in [0.15, 0.2) is 5.78 Å².